The number of rotatable bonds is 3. The number of hydrogen-bond donors (Lipinski definition) is 3. The van der Waals surface area contributed by atoms with E-state index in [1.54, 1.807) is 19.1 Å². The Labute approximate surface area is 109 Å². The summed E-state index contributed by atoms with van der Waals surface area (Å²) in [5.74, 6) is -0.627. The first-order valence-corrected chi connectivity index (χ1v) is 5.57. The molecular formula is C13H13FN4O. The number of carbonyl (C=O) groups is 1. The molecule has 0 saturated carbocycles. The van der Waals surface area contributed by atoms with Gasteiger partial charge in [-0.1, -0.05) is 0 Å². The van der Waals surface area contributed by atoms with Crippen molar-refractivity contribution >= 4 is 23.1 Å². The van der Waals surface area contributed by atoms with Crippen LogP contribution in [0.15, 0.2) is 30.3 Å². The number of nitrogens with zero attached hydrogens (tertiary/aromatic N) is 1. The van der Waals surface area contributed by atoms with Gasteiger partial charge in [0.25, 0.3) is 5.91 Å². The van der Waals surface area contributed by atoms with Crippen molar-refractivity contribution in [1.29, 1.82) is 0 Å². The number of aryl methyl sites for hydroxylation is 1. The van der Waals surface area contributed by atoms with Crippen LogP contribution >= 0.6 is 0 Å². The summed E-state index contributed by atoms with van der Waals surface area (Å²) < 4.78 is 13.2. The zero-order chi connectivity index (χ0) is 14.0. The van der Waals surface area contributed by atoms with E-state index in [2.05, 4.69) is 10.3 Å². The second-order valence-corrected chi connectivity index (χ2v) is 4.09. The molecule has 0 spiro atoms. The average Bonchev–Trinajstić information content (AvgIpc) is 2.36. The molecule has 2 aromatic rings. The van der Waals surface area contributed by atoms with Gasteiger partial charge in [0.15, 0.2) is 5.82 Å². The van der Waals surface area contributed by atoms with Gasteiger partial charge < -0.3 is 16.8 Å². The summed E-state index contributed by atoms with van der Waals surface area (Å²) >= 11 is 0. The molecule has 0 unspecified atom stereocenters. The lowest BCUT2D eigenvalue weighted by atomic mass is 10.2. The highest BCUT2D eigenvalue weighted by atomic mass is 19.1. The molecule has 0 bridgehead atoms. The minimum atomic E-state index is -0.640. The molecule has 1 heterocycles. The van der Waals surface area contributed by atoms with Crippen LogP contribution in [0, 0.1) is 12.7 Å². The number of aromatic nitrogens is 1. The standard InChI is InChI=1S/C13H13FN4O/c1-7-6-8(2-3-9(7)14)17-13-10(15)4-5-11(18-13)12(16)19/h2-6H,15H2,1H3,(H2,16,19)(H,17,18). The van der Waals surface area contributed by atoms with E-state index >= 15 is 0 Å². The topological polar surface area (TPSA) is 94.0 Å². The van der Waals surface area contributed by atoms with Gasteiger partial charge in [0.1, 0.15) is 11.5 Å². The van der Waals surface area contributed by atoms with Crippen LogP contribution in [0.4, 0.5) is 21.6 Å². The van der Waals surface area contributed by atoms with Crippen LogP contribution in [0.25, 0.3) is 0 Å². The van der Waals surface area contributed by atoms with Crippen molar-refractivity contribution in [2.24, 2.45) is 5.73 Å². The van der Waals surface area contributed by atoms with E-state index in [1.165, 1.54) is 18.2 Å². The highest BCUT2D eigenvalue weighted by Gasteiger charge is 2.08. The molecule has 0 aliphatic rings. The minimum Gasteiger partial charge on any atom is -0.396 e. The molecule has 0 atom stereocenters. The summed E-state index contributed by atoms with van der Waals surface area (Å²) in [6.45, 7) is 1.65. The summed E-state index contributed by atoms with van der Waals surface area (Å²) in [5.41, 5.74) is 12.5. The van der Waals surface area contributed by atoms with E-state index in [9.17, 15) is 9.18 Å². The SMILES string of the molecule is Cc1cc(Nc2nc(C(N)=O)ccc2N)ccc1F. The number of pyridine rings is 1. The number of primary amides is 1. The minimum absolute atomic E-state index is 0.107. The smallest absolute Gasteiger partial charge is 0.267 e. The van der Waals surface area contributed by atoms with Gasteiger partial charge in [-0.2, -0.15) is 0 Å². The van der Waals surface area contributed by atoms with Gasteiger partial charge in [-0.3, -0.25) is 4.79 Å². The average molecular weight is 260 g/mol. The van der Waals surface area contributed by atoms with Crippen LogP contribution in [0.2, 0.25) is 0 Å². The second kappa shape index (κ2) is 4.93. The Kier molecular flexibility index (Phi) is 3.33. The van der Waals surface area contributed by atoms with E-state index in [-0.39, 0.29) is 11.5 Å². The highest BCUT2D eigenvalue weighted by molar-refractivity contribution is 5.92. The van der Waals surface area contributed by atoms with Crippen molar-refractivity contribution in [1.82, 2.24) is 4.98 Å². The van der Waals surface area contributed by atoms with Gasteiger partial charge >= 0.3 is 0 Å². The molecule has 1 amide bonds. The normalized spacial score (nSPS) is 10.2. The number of nitrogen functional groups attached to an aromatic ring is 1. The Balaban J connectivity index is 2.34. The molecule has 5 N–H and O–H groups in total. The lowest BCUT2D eigenvalue weighted by Crippen LogP contribution is -2.14. The molecule has 0 fully saturated rings. The third-order valence-electron chi connectivity index (χ3n) is 2.60. The number of nitrogens with two attached hydrogens (primary N) is 2. The fourth-order valence-corrected chi connectivity index (χ4v) is 1.57. The number of carbonyl (C=O) groups excluding carboxylic acids is 1. The largest absolute Gasteiger partial charge is 0.396 e. The van der Waals surface area contributed by atoms with Crippen molar-refractivity contribution in [2.45, 2.75) is 6.92 Å². The number of nitrogens with one attached hydrogen (secondary N) is 1. The molecule has 1 aromatic heterocycles. The zero-order valence-electron chi connectivity index (χ0n) is 10.3. The molecule has 5 nitrogen and oxygen atoms in total. The first-order valence-electron chi connectivity index (χ1n) is 5.57. The Hall–Kier alpha value is -2.63. The van der Waals surface area contributed by atoms with Crippen LogP contribution in [-0.2, 0) is 0 Å². The third kappa shape index (κ3) is 2.79. The van der Waals surface area contributed by atoms with Gasteiger partial charge in [-0.15, -0.1) is 0 Å². The molecule has 0 saturated heterocycles. The fourth-order valence-electron chi connectivity index (χ4n) is 1.57. The molecule has 0 aliphatic heterocycles. The first-order chi connectivity index (χ1) is 8.97. The Morgan fingerprint density at radius 1 is 1.32 bits per heavy atom. The molecule has 19 heavy (non-hydrogen) atoms. The predicted molar refractivity (Wildman–Crippen MR) is 71.6 cm³/mol. The predicted octanol–water partition coefficient (Wildman–Crippen LogP) is 1.95. The fraction of sp³-hybridized carbons (Fsp3) is 0.0769. The summed E-state index contributed by atoms with van der Waals surface area (Å²) in [4.78, 5) is 15.1. The highest BCUT2D eigenvalue weighted by Crippen LogP contribution is 2.22. The summed E-state index contributed by atoms with van der Waals surface area (Å²) in [5, 5.41) is 2.92. The van der Waals surface area contributed by atoms with Crippen molar-refractivity contribution in [2.75, 3.05) is 11.1 Å². The second-order valence-electron chi connectivity index (χ2n) is 4.09. The van der Waals surface area contributed by atoms with Crippen LogP contribution in [0.5, 0.6) is 0 Å². The lowest BCUT2D eigenvalue weighted by molar-refractivity contribution is 0.0996. The maximum atomic E-state index is 13.2. The Morgan fingerprint density at radius 3 is 2.68 bits per heavy atom. The summed E-state index contributed by atoms with van der Waals surface area (Å²) in [7, 11) is 0. The van der Waals surface area contributed by atoms with E-state index in [4.69, 9.17) is 11.5 Å². The van der Waals surface area contributed by atoms with Crippen LogP contribution in [-0.4, -0.2) is 10.9 Å². The Bertz CT molecular complexity index is 643. The quantitative estimate of drug-likeness (QED) is 0.786. The molecular weight excluding hydrogens is 247 g/mol. The lowest BCUT2D eigenvalue weighted by Gasteiger charge is -2.10. The van der Waals surface area contributed by atoms with Crippen LogP contribution in [0.3, 0.4) is 0 Å². The van der Waals surface area contributed by atoms with Gasteiger partial charge in [0, 0.05) is 5.69 Å². The third-order valence-corrected chi connectivity index (χ3v) is 2.60. The monoisotopic (exact) mass is 260 g/mol. The van der Waals surface area contributed by atoms with Gasteiger partial charge in [0.2, 0.25) is 0 Å². The molecule has 2 rings (SSSR count). The molecule has 1 aromatic carbocycles. The number of hydrogen-bond acceptors (Lipinski definition) is 4. The van der Waals surface area contributed by atoms with E-state index in [0.717, 1.165) is 0 Å². The number of halogens is 1. The van der Waals surface area contributed by atoms with Crippen molar-refractivity contribution < 1.29 is 9.18 Å². The Morgan fingerprint density at radius 2 is 2.05 bits per heavy atom. The van der Waals surface area contributed by atoms with Crippen molar-refractivity contribution in [3.8, 4) is 0 Å². The van der Waals surface area contributed by atoms with Crippen LogP contribution in [0.1, 0.15) is 16.1 Å². The van der Waals surface area contributed by atoms with Gasteiger partial charge in [-0.05, 0) is 42.8 Å². The molecule has 0 radical (unpaired) electrons. The van der Waals surface area contributed by atoms with E-state index in [1.807, 2.05) is 0 Å². The van der Waals surface area contributed by atoms with Crippen molar-refractivity contribution in [3.05, 3.63) is 47.4 Å². The number of benzene rings is 1. The summed E-state index contributed by atoms with van der Waals surface area (Å²) in [6, 6.07) is 7.49. The summed E-state index contributed by atoms with van der Waals surface area (Å²) in [6.07, 6.45) is 0. The zero-order valence-corrected chi connectivity index (χ0v) is 10.3. The molecule has 98 valence electrons. The van der Waals surface area contributed by atoms with Gasteiger partial charge in [-0.25, -0.2) is 9.37 Å². The molecule has 0 aliphatic carbocycles. The molecule has 6 heteroatoms. The van der Waals surface area contributed by atoms with Gasteiger partial charge in [0.05, 0.1) is 5.69 Å². The maximum absolute atomic E-state index is 13.2. The van der Waals surface area contributed by atoms with Crippen molar-refractivity contribution in [3.63, 3.8) is 0 Å². The van der Waals surface area contributed by atoms with E-state index < -0.39 is 5.91 Å². The number of amides is 1. The maximum Gasteiger partial charge on any atom is 0.267 e. The van der Waals surface area contributed by atoms with E-state index in [0.29, 0.717) is 22.8 Å². The number of anilines is 3. The van der Waals surface area contributed by atoms with Crippen LogP contribution < -0.4 is 16.8 Å². The first kappa shape index (κ1) is 12.8.